The Balaban J connectivity index is 1.58. The second-order valence-electron chi connectivity index (χ2n) is 7.14. The number of nitrogens with one attached hydrogen (secondary N) is 1. The quantitative estimate of drug-likeness (QED) is 0.579. The van der Waals surface area contributed by atoms with E-state index in [2.05, 4.69) is 10.3 Å². The summed E-state index contributed by atoms with van der Waals surface area (Å²) in [6, 6.07) is 13.4. The lowest BCUT2D eigenvalue weighted by molar-refractivity contribution is 0.475. The summed E-state index contributed by atoms with van der Waals surface area (Å²) in [6.07, 6.45) is 1.84. The van der Waals surface area contributed by atoms with Gasteiger partial charge in [-0.15, -0.1) is 0 Å². The Kier molecular flexibility index (Phi) is 6.87. The Bertz CT molecular complexity index is 938. The van der Waals surface area contributed by atoms with Gasteiger partial charge in [0.1, 0.15) is 5.82 Å². The van der Waals surface area contributed by atoms with Crippen LogP contribution in [0.5, 0.6) is 0 Å². The van der Waals surface area contributed by atoms with Crippen molar-refractivity contribution in [2.45, 2.75) is 30.8 Å². The van der Waals surface area contributed by atoms with Crippen molar-refractivity contribution in [1.29, 1.82) is 0 Å². The Hall–Kier alpha value is -2.45. The van der Waals surface area contributed by atoms with Crippen molar-refractivity contribution in [1.82, 2.24) is 14.5 Å². The van der Waals surface area contributed by atoms with E-state index in [0.717, 1.165) is 24.0 Å². The first-order chi connectivity index (χ1) is 13.9. The predicted octanol–water partition coefficient (Wildman–Crippen LogP) is 2.82. The van der Waals surface area contributed by atoms with Crippen molar-refractivity contribution >= 4 is 16.0 Å². The maximum absolute atomic E-state index is 13.1. The molecular formula is C21H27FN4O2S. The van der Waals surface area contributed by atoms with Crippen molar-refractivity contribution < 1.29 is 12.8 Å². The van der Waals surface area contributed by atoms with Crippen LogP contribution >= 0.6 is 0 Å². The second kappa shape index (κ2) is 9.37. The third-order valence-corrected chi connectivity index (χ3v) is 6.90. The van der Waals surface area contributed by atoms with Crippen LogP contribution in [-0.4, -0.2) is 50.8 Å². The molecular weight excluding hydrogens is 391 g/mol. The fourth-order valence-electron chi connectivity index (χ4n) is 3.36. The van der Waals surface area contributed by atoms with Gasteiger partial charge in [-0.25, -0.2) is 12.8 Å². The van der Waals surface area contributed by atoms with E-state index in [1.807, 2.05) is 24.1 Å². The standard InChI is InChI=1S/C21H27FN4O2S/c1-23-21(25(2)16-18-5-9-19(22)10-6-18)24-15-17-7-11-20(12-8-17)29(27,28)26-13-3-4-14-26/h5-12H,3-4,13-16H2,1-2H3,(H,23,24). The molecule has 1 N–H and O–H groups in total. The van der Waals surface area contributed by atoms with E-state index in [4.69, 9.17) is 0 Å². The first kappa shape index (κ1) is 21.3. The summed E-state index contributed by atoms with van der Waals surface area (Å²) in [5.41, 5.74) is 1.94. The van der Waals surface area contributed by atoms with Gasteiger partial charge in [0.15, 0.2) is 5.96 Å². The molecule has 0 bridgehead atoms. The highest BCUT2D eigenvalue weighted by atomic mass is 32.2. The molecule has 8 heteroatoms. The molecule has 1 saturated heterocycles. The topological polar surface area (TPSA) is 65.0 Å². The third-order valence-electron chi connectivity index (χ3n) is 4.98. The molecule has 0 aliphatic carbocycles. The molecule has 1 heterocycles. The molecule has 1 aliphatic rings. The van der Waals surface area contributed by atoms with E-state index in [-0.39, 0.29) is 5.82 Å². The monoisotopic (exact) mass is 418 g/mol. The van der Waals surface area contributed by atoms with E-state index in [9.17, 15) is 12.8 Å². The number of aliphatic imine (C=N–C) groups is 1. The Morgan fingerprint density at radius 3 is 2.24 bits per heavy atom. The minimum atomic E-state index is -3.39. The van der Waals surface area contributed by atoms with Crippen LogP contribution in [-0.2, 0) is 23.1 Å². The SMILES string of the molecule is CN=C(NCc1ccc(S(=O)(=O)N2CCCC2)cc1)N(C)Cc1ccc(F)cc1. The fraction of sp³-hybridized carbons (Fsp3) is 0.381. The van der Waals surface area contributed by atoms with E-state index in [1.165, 1.54) is 12.1 Å². The first-order valence-electron chi connectivity index (χ1n) is 9.65. The number of guanidine groups is 1. The largest absolute Gasteiger partial charge is 0.352 e. The lowest BCUT2D eigenvalue weighted by Gasteiger charge is -2.22. The Morgan fingerprint density at radius 2 is 1.66 bits per heavy atom. The van der Waals surface area contributed by atoms with Crippen molar-refractivity contribution in [3.8, 4) is 0 Å². The molecule has 2 aromatic rings. The summed E-state index contributed by atoms with van der Waals surface area (Å²) < 4.78 is 39.8. The van der Waals surface area contributed by atoms with Gasteiger partial charge in [-0.1, -0.05) is 24.3 Å². The number of rotatable bonds is 6. The molecule has 0 spiro atoms. The van der Waals surface area contributed by atoms with E-state index < -0.39 is 10.0 Å². The maximum atomic E-state index is 13.1. The molecule has 0 saturated carbocycles. The van der Waals surface area contributed by atoms with Gasteiger partial charge in [-0.05, 0) is 48.2 Å². The van der Waals surface area contributed by atoms with Crippen LogP contribution in [0.2, 0.25) is 0 Å². The van der Waals surface area contributed by atoms with Gasteiger partial charge < -0.3 is 10.2 Å². The minimum Gasteiger partial charge on any atom is -0.352 e. The number of hydrogen-bond donors (Lipinski definition) is 1. The van der Waals surface area contributed by atoms with Crippen LogP contribution in [0, 0.1) is 5.82 Å². The molecule has 0 unspecified atom stereocenters. The molecule has 29 heavy (non-hydrogen) atoms. The molecule has 0 atom stereocenters. The maximum Gasteiger partial charge on any atom is 0.243 e. The minimum absolute atomic E-state index is 0.255. The zero-order valence-corrected chi connectivity index (χ0v) is 17.6. The van der Waals surface area contributed by atoms with E-state index >= 15 is 0 Å². The van der Waals surface area contributed by atoms with Gasteiger partial charge in [0, 0.05) is 40.3 Å². The Labute approximate surface area is 172 Å². The highest BCUT2D eigenvalue weighted by Gasteiger charge is 2.26. The van der Waals surface area contributed by atoms with E-state index in [0.29, 0.717) is 37.0 Å². The second-order valence-corrected chi connectivity index (χ2v) is 9.08. The van der Waals surface area contributed by atoms with Crippen LogP contribution in [0.15, 0.2) is 58.4 Å². The molecule has 0 amide bonds. The summed E-state index contributed by atoms with van der Waals surface area (Å²) in [5.74, 6) is 0.442. The molecule has 156 valence electrons. The van der Waals surface area contributed by atoms with Gasteiger partial charge in [0.2, 0.25) is 10.0 Å². The van der Waals surface area contributed by atoms with Crippen molar-refractivity contribution in [3.63, 3.8) is 0 Å². The molecule has 6 nitrogen and oxygen atoms in total. The first-order valence-corrected chi connectivity index (χ1v) is 11.1. The van der Waals surface area contributed by atoms with Crippen molar-refractivity contribution in [2.75, 3.05) is 27.2 Å². The molecule has 2 aromatic carbocycles. The van der Waals surface area contributed by atoms with Crippen LogP contribution in [0.3, 0.4) is 0 Å². The zero-order chi connectivity index (χ0) is 20.9. The summed E-state index contributed by atoms with van der Waals surface area (Å²) in [6.45, 7) is 2.31. The highest BCUT2D eigenvalue weighted by Crippen LogP contribution is 2.21. The third kappa shape index (κ3) is 5.33. The van der Waals surface area contributed by atoms with Crippen LogP contribution in [0.25, 0.3) is 0 Å². The summed E-state index contributed by atoms with van der Waals surface area (Å²) in [4.78, 5) is 6.56. The molecule has 1 fully saturated rings. The molecule has 3 rings (SSSR count). The molecule has 0 aromatic heterocycles. The normalized spacial score (nSPS) is 15.5. The summed E-state index contributed by atoms with van der Waals surface area (Å²) in [7, 11) is 0.222. The zero-order valence-electron chi connectivity index (χ0n) is 16.8. The van der Waals surface area contributed by atoms with Crippen molar-refractivity contribution in [3.05, 3.63) is 65.5 Å². The smallest absolute Gasteiger partial charge is 0.243 e. The number of nitrogens with zero attached hydrogens (tertiary/aromatic N) is 3. The van der Waals surface area contributed by atoms with Crippen LogP contribution in [0.1, 0.15) is 24.0 Å². The fourth-order valence-corrected chi connectivity index (χ4v) is 4.88. The van der Waals surface area contributed by atoms with Gasteiger partial charge in [0.25, 0.3) is 0 Å². The highest BCUT2D eigenvalue weighted by molar-refractivity contribution is 7.89. The number of hydrogen-bond acceptors (Lipinski definition) is 3. The number of halogens is 1. The van der Waals surface area contributed by atoms with Crippen LogP contribution < -0.4 is 5.32 Å². The Morgan fingerprint density at radius 1 is 1.07 bits per heavy atom. The van der Waals surface area contributed by atoms with Crippen LogP contribution in [0.4, 0.5) is 4.39 Å². The van der Waals surface area contributed by atoms with Gasteiger partial charge in [0.05, 0.1) is 4.90 Å². The average molecular weight is 419 g/mol. The number of sulfonamides is 1. The number of benzene rings is 2. The van der Waals surface area contributed by atoms with E-state index in [1.54, 1.807) is 35.6 Å². The van der Waals surface area contributed by atoms with Crippen molar-refractivity contribution in [2.24, 2.45) is 4.99 Å². The summed E-state index contributed by atoms with van der Waals surface area (Å²) >= 11 is 0. The predicted molar refractivity (Wildman–Crippen MR) is 113 cm³/mol. The van der Waals surface area contributed by atoms with Gasteiger partial charge in [-0.3, -0.25) is 4.99 Å². The average Bonchev–Trinajstić information content (AvgIpc) is 3.26. The molecule has 1 aliphatic heterocycles. The van der Waals surface area contributed by atoms with Gasteiger partial charge >= 0.3 is 0 Å². The molecule has 0 radical (unpaired) electrons. The summed E-state index contributed by atoms with van der Waals surface area (Å²) in [5, 5.41) is 3.27. The lowest BCUT2D eigenvalue weighted by Crippen LogP contribution is -2.38. The lowest BCUT2D eigenvalue weighted by atomic mass is 10.2. The van der Waals surface area contributed by atoms with Gasteiger partial charge in [-0.2, -0.15) is 4.31 Å².